The number of carbonyl (C=O) groups is 1. The molecule has 2 rings (SSSR count). The standard InChI is InChI=1S/C18H20N2O4/c1-4-24-16-9-8-14(11-17(16)23-3)18(21)20-19-12-13-6-5-7-15(10-13)22-2/h5-12H,4H2,1-3H3,(H,20,21)/b19-12+. The minimum atomic E-state index is -0.338. The zero-order valence-corrected chi connectivity index (χ0v) is 13.9. The van der Waals surface area contributed by atoms with Crippen molar-refractivity contribution in [2.75, 3.05) is 20.8 Å². The van der Waals surface area contributed by atoms with Crippen LogP contribution in [0.15, 0.2) is 47.6 Å². The number of methoxy groups -OCH3 is 2. The second-order valence-electron chi connectivity index (χ2n) is 4.77. The second-order valence-corrected chi connectivity index (χ2v) is 4.77. The molecule has 0 saturated carbocycles. The zero-order chi connectivity index (χ0) is 17.4. The normalized spacial score (nSPS) is 10.5. The summed E-state index contributed by atoms with van der Waals surface area (Å²) in [6.07, 6.45) is 1.55. The van der Waals surface area contributed by atoms with Crippen LogP contribution in [0.4, 0.5) is 0 Å². The second kappa shape index (κ2) is 8.57. The van der Waals surface area contributed by atoms with Crippen LogP contribution in [0.25, 0.3) is 0 Å². The molecular weight excluding hydrogens is 308 g/mol. The van der Waals surface area contributed by atoms with Crippen LogP contribution in [0, 0.1) is 0 Å². The van der Waals surface area contributed by atoms with Crippen LogP contribution in [0.3, 0.4) is 0 Å². The van der Waals surface area contributed by atoms with E-state index in [1.54, 1.807) is 31.5 Å². The lowest BCUT2D eigenvalue weighted by molar-refractivity contribution is 0.0954. The minimum Gasteiger partial charge on any atom is -0.497 e. The van der Waals surface area contributed by atoms with Gasteiger partial charge in [0.25, 0.3) is 5.91 Å². The zero-order valence-electron chi connectivity index (χ0n) is 13.9. The van der Waals surface area contributed by atoms with Crippen molar-refractivity contribution in [3.63, 3.8) is 0 Å². The first-order valence-corrected chi connectivity index (χ1v) is 7.46. The Morgan fingerprint density at radius 3 is 2.67 bits per heavy atom. The third-order valence-electron chi connectivity index (χ3n) is 3.20. The van der Waals surface area contributed by atoms with E-state index < -0.39 is 0 Å². The monoisotopic (exact) mass is 328 g/mol. The summed E-state index contributed by atoms with van der Waals surface area (Å²) in [5, 5.41) is 3.96. The number of hydrogen-bond donors (Lipinski definition) is 1. The summed E-state index contributed by atoms with van der Waals surface area (Å²) in [6, 6.07) is 12.3. The first-order chi connectivity index (χ1) is 11.7. The highest BCUT2D eigenvalue weighted by Gasteiger charge is 2.10. The van der Waals surface area contributed by atoms with Gasteiger partial charge in [-0.05, 0) is 42.8 Å². The van der Waals surface area contributed by atoms with Crippen molar-refractivity contribution < 1.29 is 19.0 Å². The van der Waals surface area contributed by atoms with E-state index in [2.05, 4.69) is 10.5 Å². The molecule has 1 amide bonds. The molecule has 0 aliphatic rings. The van der Waals surface area contributed by atoms with Gasteiger partial charge in [-0.25, -0.2) is 5.43 Å². The Balaban J connectivity index is 2.05. The van der Waals surface area contributed by atoms with Gasteiger partial charge in [-0.2, -0.15) is 5.10 Å². The highest BCUT2D eigenvalue weighted by atomic mass is 16.5. The van der Waals surface area contributed by atoms with Crippen LogP contribution in [-0.4, -0.2) is 32.9 Å². The summed E-state index contributed by atoms with van der Waals surface area (Å²) in [4.78, 5) is 12.1. The fourth-order valence-electron chi connectivity index (χ4n) is 2.04. The smallest absolute Gasteiger partial charge is 0.271 e. The van der Waals surface area contributed by atoms with Crippen LogP contribution in [0.1, 0.15) is 22.8 Å². The topological polar surface area (TPSA) is 69.2 Å². The molecule has 1 N–H and O–H groups in total. The molecule has 126 valence electrons. The summed E-state index contributed by atoms with van der Waals surface area (Å²) in [6.45, 7) is 2.40. The summed E-state index contributed by atoms with van der Waals surface area (Å²) >= 11 is 0. The molecule has 6 nitrogen and oxygen atoms in total. The molecule has 0 bridgehead atoms. The highest BCUT2D eigenvalue weighted by Crippen LogP contribution is 2.27. The molecule has 0 atom stereocenters. The maximum absolute atomic E-state index is 12.1. The Morgan fingerprint density at radius 1 is 1.12 bits per heavy atom. The van der Waals surface area contributed by atoms with E-state index in [-0.39, 0.29) is 5.91 Å². The molecule has 0 fully saturated rings. The van der Waals surface area contributed by atoms with Crippen LogP contribution in [0.2, 0.25) is 0 Å². The molecule has 0 radical (unpaired) electrons. The number of ether oxygens (including phenoxy) is 3. The molecular formula is C18H20N2O4. The number of nitrogens with zero attached hydrogens (tertiary/aromatic N) is 1. The summed E-state index contributed by atoms with van der Waals surface area (Å²) in [5.74, 6) is 1.48. The Morgan fingerprint density at radius 2 is 1.96 bits per heavy atom. The third kappa shape index (κ3) is 4.49. The molecule has 2 aromatic rings. The fourth-order valence-corrected chi connectivity index (χ4v) is 2.04. The number of hydrogen-bond acceptors (Lipinski definition) is 5. The number of carbonyl (C=O) groups excluding carboxylic acids is 1. The Kier molecular flexibility index (Phi) is 6.19. The van der Waals surface area contributed by atoms with Gasteiger partial charge in [0.05, 0.1) is 27.0 Å². The lowest BCUT2D eigenvalue weighted by atomic mass is 10.2. The summed E-state index contributed by atoms with van der Waals surface area (Å²) in [7, 11) is 3.12. The van der Waals surface area contributed by atoms with Gasteiger partial charge in [0.2, 0.25) is 0 Å². The maximum atomic E-state index is 12.1. The molecule has 24 heavy (non-hydrogen) atoms. The van der Waals surface area contributed by atoms with Crippen LogP contribution < -0.4 is 19.6 Å². The molecule has 6 heteroatoms. The molecule has 0 unspecified atom stereocenters. The van der Waals surface area contributed by atoms with Gasteiger partial charge in [-0.3, -0.25) is 4.79 Å². The quantitative estimate of drug-likeness (QED) is 0.627. The van der Waals surface area contributed by atoms with Crippen molar-refractivity contribution in [3.8, 4) is 17.2 Å². The van der Waals surface area contributed by atoms with Crippen molar-refractivity contribution in [1.29, 1.82) is 0 Å². The lowest BCUT2D eigenvalue weighted by Gasteiger charge is -2.10. The molecule has 2 aromatic carbocycles. The molecule has 0 heterocycles. The van der Waals surface area contributed by atoms with E-state index in [4.69, 9.17) is 14.2 Å². The Hall–Kier alpha value is -3.02. The molecule has 0 aliphatic carbocycles. The van der Waals surface area contributed by atoms with Crippen molar-refractivity contribution >= 4 is 12.1 Å². The average Bonchev–Trinajstić information content (AvgIpc) is 2.62. The SMILES string of the molecule is CCOc1ccc(C(=O)N/N=C/c2cccc(OC)c2)cc1OC. The van der Waals surface area contributed by atoms with Gasteiger partial charge < -0.3 is 14.2 Å². The van der Waals surface area contributed by atoms with Gasteiger partial charge in [0.15, 0.2) is 11.5 Å². The first-order valence-electron chi connectivity index (χ1n) is 7.46. The van der Waals surface area contributed by atoms with E-state index in [1.165, 1.54) is 7.11 Å². The number of benzene rings is 2. The number of amides is 1. The lowest BCUT2D eigenvalue weighted by Crippen LogP contribution is -2.17. The number of nitrogens with one attached hydrogen (secondary N) is 1. The van der Waals surface area contributed by atoms with Crippen molar-refractivity contribution in [2.24, 2.45) is 5.10 Å². The van der Waals surface area contributed by atoms with Gasteiger partial charge in [-0.15, -0.1) is 0 Å². The van der Waals surface area contributed by atoms with Crippen LogP contribution in [-0.2, 0) is 0 Å². The average molecular weight is 328 g/mol. The van der Waals surface area contributed by atoms with Crippen LogP contribution in [0.5, 0.6) is 17.2 Å². The predicted molar refractivity (Wildman–Crippen MR) is 92.2 cm³/mol. The van der Waals surface area contributed by atoms with Gasteiger partial charge in [-0.1, -0.05) is 12.1 Å². The number of rotatable bonds is 7. The molecule has 0 spiro atoms. The van der Waals surface area contributed by atoms with Crippen molar-refractivity contribution in [1.82, 2.24) is 5.43 Å². The Labute approximate surface area is 141 Å². The minimum absolute atomic E-state index is 0.338. The van der Waals surface area contributed by atoms with E-state index in [0.29, 0.717) is 23.7 Å². The molecule has 0 saturated heterocycles. The van der Waals surface area contributed by atoms with Gasteiger partial charge in [0, 0.05) is 5.56 Å². The van der Waals surface area contributed by atoms with E-state index >= 15 is 0 Å². The summed E-state index contributed by atoms with van der Waals surface area (Å²) < 4.78 is 15.8. The number of hydrazone groups is 1. The molecule has 0 aliphatic heterocycles. The van der Waals surface area contributed by atoms with Gasteiger partial charge in [0.1, 0.15) is 5.75 Å². The predicted octanol–water partition coefficient (Wildman–Crippen LogP) is 2.87. The molecule has 0 aromatic heterocycles. The van der Waals surface area contributed by atoms with E-state index in [1.807, 2.05) is 31.2 Å². The summed E-state index contributed by atoms with van der Waals surface area (Å²) in [5.41, 5.74) is 3.73. The first kappa shape index (κ1) is 17.3. The van der Waals surface area contributed by atoms with E-state index in [0.717, 1.165) is 11.3 Å². The largest absolute Gasteiger partial charge is 0.497 e. The fraction of sp³-hybridized carbons (Fsp3) is 0.222. The highest BCUT2D eigenvalue weighted by molar-refractivity contribution is 5.95. The van der Waals surface area contributed by atoms with Crippen molar-refractivity contribution in [3.05, 3.63) is 53.6 Å². The van der Waals surface area contributed by atoms with E-state index in [9.17, 15) is 4.79 Å². The van der Waals surface area contributed by atoms with Crippen LogP contribution >= 0.6 is 0 Å². The maximum Gasteiger partial charge on any atom is 0.271 e. The van der Waals surface area contributed by atoms with Crippen molar-refractivity contribution in [2.45, 2.75) is 6.92 Å². The Bertz CT molecular complexity index is 729. The van der Waals surface area contributed by atoms with Gasteiger partial charge >= 0.3 is 0 Å². The third-order valence-corrected chi connectivity index (χ3v) is 3.20.